The number of halogens is 1. The van der Waals surface area contributed by atoms with E-state index in [4.69, 9.17) is 0 Å². The van der Waals surface area contributed by atoms with Gasteiger partial charge in [0.25, 0.3) is 0 Å². The quantitative estimate of drug-likeness (QED) is 0.148. The Kier molecular flexibility index (Phi) is 14.5. The Morgan fingerprint density at radius 3 is 0.789 bits per heavy atom. The molecule has 0 fully saturated rings. The summed E-state index contributed by atoms with van der Waals surface area (Å²) >= 11 is 4.33. The Morgan fingerprint density at radius 1 is 0.219 bits per heavy atom. The predicted molar refractivity (Wildman–Crippen MR) is 492 cm³/mol. The van der Waals surface area contributed by atoms with E-state index in [-0.39, 0.29) is 17.5 Å². The Balaban J connectivity index is 0.000000135. The molecule has 0 atom stereocenters. The van der Waals surface area contributed by atoms with Crippen LogP contribution in [0.1, 0.15) is 52.7 Å². The molecule has 0 aliphatic carbocycles. The molecular weight excluding hydrogens is 1440 g/mol. The van der Waals surface area contributed by atoms with Gasteiger partial charge < -0.3 is 18.3 Å². The monoisotopic (exact) mass is 1520 g/mol. The van der Waals surface area contributed by atoms with Crippen molar-refractivity contribution in [2.75, 3.05) is 0 Å². The molecule has 0 unspecified atom stereocenters. The highest BCUT2D eigenvalue weighted by Gasteiger charge is 2.41. The van der Waals surface area contributed by atoms with Crippen molar-refractivity contribution in [1.82, 2.24) is 18.3 Å². The van der Waals surface area contributed by atoms with E-state index < -0.39 is 0 Å². The Morgan fingerprint density at radius 2 is 0.474 bits per heavy atom. The maximum Gasteiger partial charge on any atom is 0.244 e. The number of aromatic nitrogens is 4. The molecule has 0 saturated carbocycles. The van der Waals surface area contributed by atoms with E-state index in [0.717, 1.165) is 15.8 Å². The van der Waals surface area contributed by atoms with E-state index >= 15 is 0 Å². The first-order valence-electron chi connectivity index (χ1n) is 40.0. The topological polar surface area (TPSA) is 19.7 Å². The van der Waals surface area contributed by atoms with Crippen LogP contribution in [0.15, 0.2) is 356 Å². The number of hydrogen-bond acceptors (Lipinski definition) is 0. The summed E-state index contributed by atoms with van der Waals surface area (Å²) in [5.41, 5.74) is 31.6. The summed E-state index contributed by atoms with van der Waals surface area (Å²) in [5.74, 6) is 0. The van der Waals surface area contributed by atoms with Crippen LogP contribution in [0, 0.1) is 0 Å². The fourth-order valence-corrected chi connectivity index (χ4v) is 20.7. The van der Waals surface area contributed by atoms with E-state index in [0.29, 0.717) is 0 Å². The molecule has 6 heterocycles. The summed E-state index contributed by atoms with van der Waals surface area (Å²) in [5, 5.41) is 20.5. The largest absolute Gasteiger partial charge is 0.309 e. The summed E-state index contributed by atoms with van der Waals surface area (Å²) in [6.45, 7) is 14.2. The first kappa shape index (κ1) is 66.5. The van der Waals surface area contributed by atoms with Crippen LogP contribution >= 0.6 is 15.9 Å². The van der Waals surface area contributed by atoms with Crippen molar-refractivity contribution >= 4 is 169 Å². The minimum absolute atomic E-state index is 0.0476. The summed E-state index contributed by atoms with van der Waals surface area (Å²) in [7, 11) is 0. The second-order valence-electron chi connectivity index (χ2n) is 33.5. The predicted octanol–water partition coefficient (Wildman–Crippen LogP) is 27.5. The lowest BCUT2D eigenvalue weighted by molar-refractivity contribution is 0.590. The average molecular weight is 1520 g/mol. The van der Waals surface area contributed by atoms with E-state index in [1.165, 1.54) is 214 Å². The molecule has 2 aliphatic rings. The van der Waals surface area contributed by atoms with Crippen LogP contribution in [0.3, 0.4) is 0 Å². The molecule has 0 spiro atoms. The molecule has 6 heteroatoms. The maximum atomic E-state index is 4.33. The molecule has 2 aliphatic heterocycles. The normalized spacial score (nSPS) is 12.7. The third-order valence-corrected chi connectivity index (χ3v) is 26.0. The molecular formula is C108H76BBrN4. The zero-order valence-electron chi connectivity index (χ0n) is 64.2. The summed E-state index contributed by atoms with van der Waals surface area (Å²) in [6.07, 6.45) is 0. The smallest absolute Gasteiger partial charge is 0.244 e. The van der Waals surface area contributed by atoms with Gasteiger partial charge in [0.15, 0.2) is 0 Å². The van der Waals surface area contributed by atoms with Crippen molar-refractivity contribution in [2.24, 2.45) is 0 Å². The number of hydrogen-bond donors (Lipinski definition) is 0. The summed E-state index contributed by atoms with van der Waals surface area (Å²) in [4.78, 5) is 0. The van der Waals surface area contributed by atoms with Crippen LogP contribution in [0.2, 0.25) is 0 Å². The van der Waals surface area contributed by atoms with Crippen molar-refractivity contribution in [3.05, 3.63) is 367 Å². The third-order valence-electron chi connectivity index (χ3n) is 25.1. The van der Waals surface area contributed by atoms with Gasteiger partial charge in [-0.15, -0.1) is 0 Å². The van der Waals surface area contributed by atoms with Crippen LogP contribution < -0.4 is 16.4 Å². The van der Waals surface area contributed by atoms with Crippen molar-refractivity contribution in [2.45, 2.75) is 52.4 Å². The number of benzene rings is 18. The summed E-state index contributed by atoms with van der Waals surface area (Å²) in [6, 6.07) is 131. The van der Waals surface area contributed by atoms with Crippen LogP contribution in [-0.2, 0) is 10.8 Å². The summed E-state index contributed by atoms with van der Waals surface area (Å²) < 4.78 is 11.0. The van der Waals surface area contributed by atoms with Crippen LogP contribution in [-0.4, -0.2) is 25.0 Å². The Hall–Kier alpha value is -13.3. The second-order valence-corrected chi connectivity index (χ2v) is 34.3. The first-order valence-corrected chi connectivity index (χ1v) is 40.7. The van der Waals surface area contributed by atoms with Gasteiger partial charge in [0.2, 0.25) is 6.71 Å². The molecule has 22 aromatic rings. The van der Waals surface area contributed by atoms with Gasteiger partial charge in [-0.1, -0.05) is 301 Å². The Labute approximate surface area is 669 Å². The van der Waals surface area contributed by atoms with Crippen molar-refractivity contribution in [3.63, 3.8) is 0 Å². The third kappa shape index (κ3) is 9.65. The molecule has 4 nitrogen and oxygen atoms in total. The minimum Gasteiger partial charge on any atom is -0.309 e. The number of rotatable bonds is 6. The fraction of sp³-hybridized carbons (Fsp3) is 0.0741. The van der Waals surface area contributed by atoms with Gasteiger partial charge >= 0.3 is 0 Å². The molecule has 538 valence electrons. The van der Waals surface area contributed by atoms with E-state index in [1.54, 1.807) is 0 Å². The zero-order chi connectivity index (χ0) is 76.1. The number of para-hydroxylation sites is 8. The van der Waals surface area contributed by atoms with Crippen LogP contribution in [0.5, 0.6) is 0 Å². The molecule has 114 heavy (non-hydrogen) atoms. The van der Waals surface area contributed by atoms with E-state index in [2.05, 4.69) is 428 Å². The fourth-order valence-electron chi connectivity index (χ4n) is 20.1. The minimum atomic E-state index is -0.101. The highest BCUT2D eigenvalue weighted by atomic mass is 79.9. The molecule has 4 aromatic heterocycles. The molecule has 0 radical (unpaired) electrons. The van der Waals surface area contributed by atoms with Crippen molar-refractivity contribution in [3.8, 4) is 67.3 Å². The van der Waals surface area contributed by atoms with Gasteiger partial charge in [-0.2, -0.15) is 0 Å². The van der Waals surface area contributed by atoms with Gasteiger partial charge in [-0.05, 0) is 213 Å². The van der Waals surface area contributed by atoms with E-state index in [9.17, 15) is 0 Å². The van der Waals surface area contributed by atoms with Crippen molar-refractivity contribution < 1.29 is 0 Å². The number of fused-ring (bicyclic) bond motifs is 22. The van der Waals surface area contributed by atoms with Crippen LogP contribution in [0.4, 0.5) is 0 Å². The van der Waals surface area contributed by atoms with Crippen LogP contribution in [0.25, 0.3) is 198 Å². The highest BCUT2D eigenvalue weighted by Crippen LogP contribution is 2.52. The molecule has 24 rings (SSSR count). The average Bonchev–Trinajstić information content (AvgIpc) is 1.23. The molecule has 0 bridgehead atoms. The van der Waals surface area contributed by atoms with Gasteiger partial charge in [-0.25, -0.2) is 0 Å². The van der Waals surface area contributed by atoms with Crippen molar-refractivity contribution in [1.29, 1.82) is 0 Å². The molecule has 0 N–H and O–H groups in total. The Bertz CT molecular complexity index is 7400. The second kappa shape index (κ2) is 24.9. The SMILES string of the molecule is CC(C)(C)c1cc(-c2cc3c4ccccc4n(-c4ccccc4)c3c3ccccc23)c(Br)c(-c2cc3c4ccccc4n(-c4ccccc4)c3c3ccccc23)c1.CC(C)(C)c1cc2c3c(c1)-c1cc4c5ccccc5n(-c5ccccc5)c4c4cccc(c14)B3c1cccc3c1c-2cc1c2ccccc2n(-c2ccccc2)c31. The maximum absolute atomic E-state index is 4.33. The lowest BCUT2D eigenvalue weighted by Crippen LogP contribution is -2.57. The van der Waals surface area contributed by atoms with Gasteiger partial charge in [-0.3, -0.25) is 0 Å². The first-order chi connectivity index (χ1) is 55.8. The standard InChI is InChI=1S/C54H37BN2.C54H39BrN2/c1-54(2,3)32-28-41-39-30-43-35-20-10-12-26-47(35)56(33-16-6-4-7-17-33)52(43)37-22-14-24-45(49(37)39)55-46-25-15-23-38-50(46)40(42(29-32)51(41)55)31-44-36-21-11-13-27-48(36)57(53(38)44)34-18-8-5-9-19-34;1-54(2,3)34-30-45(43-32-47-39-24-14-16-28-49(39)56(35-18-6-4-7-19-35)52(47)41-26-12-10-22-37(41)43)51(55)46(31-34)44-33-48-40-25-15-17-29-50(40)57(36-20-8-5-9-21-36)53(48)42-27-13-11-23-38(42)44/h4-31H,1-3H3;4-33H,1-3H3. The van der Waals surface area contributed by atoms with E-state index in [1.807, 2.05) is 0 Å². The molecule has 18 aromatic carbocycles. The van der Waals surface area contributed by atoms with Gasteiger partial charge in [0.1, 0.15) is 0 Å². The molecule has 0 amide bonds. The lowest BCUT2D eigenvalue weighted by Gasteiger charge is -2.36. The highest BCUT2D eigenvalue weighted by molar-refractivity contribution is 9.10. The lowest BCUT2D eigenvalue weighted by atomic mass is 9.31. The zero-order valence-corrected chi connectivity index (χ0v) is 65.8. The number of nitrogens with zero attached hydrogens (tertiary/aromatic N) is 4. The molecule has 0 saturated heterocycles. The van der Waals surface area contributed by atoms with Gasteiger partial charge in [0.05, 0.1) is 44.1 Å². The van der Waals surface area contributed by atoms with Gasteiger partial charge in [0, 0.05) is 91.9 Å².